The number of hydrogen-bond donors (Lipinski definition) is 2. The number of pyridine rings is 1. The van der Waals surface area contributed by atoms with Gasteiger partial charge in [-0.25, -0.2) is 8.42 Å². The third-order valence-corrected chi connectivity index (χ3v) is 3.53. The summed E-state index contributed by atoms with van der Waals surface area (Å²) >= 11 is 3.84. The molecule has 1 N–H and O–H groups in total. The summed E-state index contributed by atoms with van der Waals surface area (Å²) in [6.07, 6.45) is 4.54. The molecule has 0 unspecified atom stereocenters. The number of rotatable bonds is 4. The maximum Gasteiger partial charge on any atom is 0.255 e. The van der Waals surface area contributed by atoms with Crippen molar-refractivity contribution in [2.24, 2.45) is 0 Å². The van der Waals surface area contributed by atoms with Gasteiger partial charge in [0.1, 0.15) is 0 Å². The summed E-state index contributed by atoms with van der Waals surface area (Å²) in [5.41, 5.74) is 1.07. The maximum absolute atomic E-state index is 11.8. The lowest BCUT2D eigenvalue weighted by Gasteiger charge is -2.07. The first kappa shape index (κ1) is 17.3. The van der Waals surface area contributed by atoms with E-state index >= 15 is 0 Å². The highest BCUT2D eigenvalue weighted by Gasteiger charge is 2.08. The Morgan fingerprint density at radius 3 is 2.57 bits per heavy atom. The molecule has 0 aliphatic heterocycles. The Kier molecular flexibility index (Phi) is 6.98. The predicted octanol–water partition coefficient (Wildman–Crippen LogP) is 3.96. The molecule has 0 aliphatic carbocycles. The number of nitrogens with one attached hydrogen (secondary N) is 1. The zero-order valence-electron chi connectivity index (χ0n) is 11.9. The predicted molar refractivity (Wildman–Crippen MR) is 92.9 cm³/mol. The Bertz CT molecular complexity index is 733. The van der Waals surface area contributed by atoms with Crippen molar-refractivity contribution < 1.29 is 8.42 Å². The first-order valence-electron chi connectivity index (χ1n) is 6.46. The number of thiol groups is 1. The molecule has 4 nitrogen and oxygen atoms in total. The van der Waals surface area contributed by atoms with Gasteiger partial charge in [0, 0.05) is 11.6 Å². The summed E-state index contributed by atoms with van der Waals surface area (Å²) in [7, 11) is -3.55. The van der Waals surface area contributed by atoms with E-state index in [4.69, 9.17) is 0 Å². The normalized spacial score (nSPS) is 11.6. The zero-order chi connectivity index (χ0) is 15.7. The molecule has 2 aromatic rings. The van der Waals surface area contributed by atoms with Crippen LogP contribution in [0.4, 0.5) is 5.69 Å². The lowest BCUT2D eigenvalue weighted by molar-refractivity contribution is 0.609. The minimum absolute atomic E-state index is 0.456. The fourth-order valence-corrected chi connectivity index (χ4v) is 2.51. The third kappa shape index (κ3) is 5.24. The molecule has 6 heteroatoms. The van der Waals surface area contributed by atoms with Crippen molar-refractivity contribution in [3.63, 3.8) is 0 Å². The van der Waals surface area contributed by atoms with E-state index in [-0.39, 0.29) is 0 Å². The smallest absolute Gasteiger partial charge is 0.255 e. The minimum Gasteiger partial charge on any atom is -0.278 e. The molecule has 1 aromatic heterocycles. The number of hydrogen-bond acceptors (Lipinski definition) is 4. The van der Waals surface area contributed by atoms with Crippen LogP contribution < -0.4 is 4.72 Å². The van der Waals surface area contributed by atoms with E-state index in [1.807, 2.05) is 26.0 Å². The summed E-state index contributed by atoms with van der Waals surface area (Å²) in [6, 6.07) is 9.01. The van der Waals surface area contributed by atoms with Gasteiger partial charge in [-0.05, 0) is 23.6 Å². The Labute approximate surface area is 131 Å². The van der Waals surface area contributed by atoms with E-state index in [1.165, 1.54) is 17.6 Å². The van der Waals surface area contributed by atoms with E-state index < -0.39 is 10.0 Å². The van der Waals surface area contributed by atoms with Gasteiger partial charge < -0.3 is 0 Å². The highest BCUT2D eigenvalue weighted by molar-refractivity contribution is 7.95. The highest BCUT2D eigenvalue weighted by atomic mass is 32.2. The molecule has 0 radical (unpaired) electrons. The molecule has 0 saturated carbocycles. The lowest BCUT2D eigenvalue weighted by atomic mass is 10.2. The van der Waals surface area contributed by atoms with Gasteiger partial charge in [-0.2, -0.15) is 12.6 Å². The van der Waals surface area contributed by atoms with Crippen LogP contribution in [0.5, 0.6) is 0 Å². The maximum atomic E-state index is 11.8. The minimum atomic E-state index is -3.55. The molecule has 0 fully saturated rings. The number of anilines is 1. The number of aromatic nitrogens is 1. The molecule has 1 aromatic carbocycles. The summed E-state index contributed by atoms with van der Waals surface area (Å²) in [5, 5.41) is 3.40. The van der Waals surface area contributed by atoms with Crippen LogP contribution in [-0.2, 0) is 10.0 Å². The van der Waals surface area contributed by atoms with Gasteiger partial charge in [-0.3, -0.25) is 9.71 Å². The molecular formula is C15H18N2O2S2. The fraction of sp³-hybridized carbons (Fsp3) is 0.133. The Balaban J connectivity index is 0.00000106. The van der Waals surface area contributed by atoms with Gasteiger partial charge in [-0.1, -0.05) is 38.1 Å². The molecule has 1 heterocycles. The van der Waals surface area contributed by atoms with Gasteiger partial charge in [0.25, 0.3) is 10.0 Å². The number of fused-ring (bicyclic) bond motifs is 1. The average molecular weight is 322 g/mol. The summed E-state index contributed by atoms with van der Waals surface area (Å²) in [6.45, 7) is 4.00. The molecule has 0 spiro atoms. The van der Waals surface area contributed by atoms with Crippen molar-refractivity contribution in [2.45, 2.75) is 13.8 Å². The zero-order valence-corrected chi connectivity index (χ0v) is 13.6. The van der Waals surface area contributed by atoms with E-state index in [9.17, 15) is 8.42 Å². The van der Waals surface area contributed by atoms with Crippen LogP contribution in [0.2, 0.25) is 0 Å². The van der Waals surface area contributed by atoms with Gasteiger partial charge in [-0.15, -0.1) is 0 Å². The van der Waals surface area contributed by atoms with Crippen LogP contribution in [-0.4, -0.2) is 13.4 Å². The van der Waals surface area contributed by atoms with E-state index in [1.54, 1.807) is 24.4 Å². The number of benzene rings is 1. The standard InChI is InChI=1S/C13H12N2O2S2.C2H6/c16-19(17,10-2-1-9-18)15-12-7-3-5-11-6-4-8-14-13(11)12;1-2/h1-10,15,18H;1-2H3/b9-1-,10-2+;. The number of nitrogens with zero attached hydrogens (tertiary/aromatic N) is 1. The molecule has 112 valence electrons. The van der Waals surface area contributed by atoms with Crippen molar-refractivity contribution in [2.75, 3.05) is 4.72 Å². The summed E-state index contributed by atoms with van der Waals surface area (Å²) < 4.78 is 26.2. The number of allylic oxidation sites excluding steroid dienone is 2. The second-order valence-electron chi connectivity index (χ2n) is 3.70. The van der Waals surface area contributed by atoms with E-state index in [0.717, 1.165) is 10.8 Å². The monoisotopic (exact) mass is 322 g/mol. The number of sulfonamides is 1. The van der Waals surface area contributed by atoms with Crippen molar-refractivity contribution in [1.82, 2.24) is 4.98 Å². The molecule has 0 bridgehead atoms. The first-order chi connectivity index (χ1) is 10.1. The largest absolute Gasteiger partial charge is 0.278 e. The van der Waals surface area contributed by atoms with Crippen molar-refractivity contribution in [3.05, 3.63) is 59.5 Å². The van der Waals surface area contributed by atoms with Gasteiger partial charge in [0.2, 0.25) is 0 Å². The first-order valence-corrected chi connectivity index (χ1v) is 8.53. The molecule has 21 heavy (non-hydrogen) atoms. The van der Waals surface area contributed by atoms with Crippen molar-refractivity contribution in [1.29, 1.82) is 0 Å². The molecule has 0 aliphatic rings. The lowest BCUT2D eigenvalue weighted by Crippen LogP contribution is -2.09. The quantitative estimate of drug-likeness (QED) is 0.661. The van der Waals surface area contributed by atoms with Crippen LogP contribution in [0.25, 0.3) is 10.9 Å². The second kappa shape index (κ2) is 8.49. The molecule has 2 rings (SSSR count). The topological polar surface area (TPSA) is 59.1 Å². The average Bonchev–Trinajstić information content (AvgIpc) is 2.49. The molecule has 0 amide bonds. The fourth-order valence-electron chi connectivity index (χ4n) is 1.57. The van der Waals surface area contributed by atoms with Gasteiger partial charge >= 0.3 is 0 Å². The Hall–Kier alpha value is -1.79. The third-order valence-electron chi connectivity index (χ3n) is 2.34. The molecule has 0 atom stereocenters. The van der Waals surface area contributed by atoms with Crippen molar-refractivity contribution in [3.8, 4) is 0 Å². The second-order valence-corrected chi connectivity index (χ2v) is 5.56. The Morgan fingerprint density at radius 2 is 1.86 bits per heavy atom. The van der Waals surface area contributed by atoms with Crippen LogP contribution in [0, 0.1) is 0 Å². The molecular weight excluding hydrogens is 304 g/mol. The van der Waals surface area contributed by atoms with Crippen LogP contribution in [0.1, 0.15) is 13.8 Å². The van der Waals surface area contributed by atoms with Gasteiger partial charge in [0.15, 0.2) is 0 Å². The molecule has 0 saturated heterocycles. The van der Waals surface area contributed by atoms with Gasteiger partial charge in [0.05, 0.1) is 16.6 Å². The van der Waals surface area contributed by atoms with E-state index in [2.05, 4.69) is 22.3 Å². The summed E-state index contributed by atoms with van der Waals surface area (Å²) in [4.78, 5) is 4.18. The van der Waals surface area contributed by atoms with Crippen LogP contribution >= 0.6 is 12.6 Å². The highest BCUT2D eigenvalue weighted by Crippen LogP contribution is 2.21. The SMILES string of the molecule is CC.O=S(=O)(/C=C/C=C\S)Nc1cccc2cccnc12. The van der Waals surface area contributed by atoms with Crippen LogP contribution in [0.15, 0.2) is 59.5 Å². The Morgan fingerprint density at radius 1 is 1.14 bits per heavy atom. The van der Waals surface area contributed by atoms with Crippen LogP contribution in [0.3, 0.4) is 0 Å². The number of para-hydroxylation sites is 1. The summed E-state index contributed by atoms with van der Waals surface area (Å²) in [5.74, 6) is 0. The van der Waals surface area contributed by atoms with E-state index in [0.29, 0.717) is 11.2 Å². The van der Waals surface area contributed by atoms with Crippen molar-refractivity contribution >= 4 is 39.2 Å².